The van der Waals surface area contributed by atoms with Gasteiger partial charge in [0.2, 0.25) is 11.6 Å². The fourth-order valence-electron chi connectivity index (χ4n) is 5.89. The molecule has 1 aliphatic rings. The lowest BCUT2D eigenvalue weighted by molar-refractivity contribution is -0.0443. The van der Waals surface area contributed by atoms with Gasteiger partial charge in [0.15, 0.2) is 46.5 Å². The largest absolute Gasteiger partial charge is 0.526 e. The average Bonchev–Trinajstić information content (AvgIpc) is 3.25. The van der Waals surface area contributed by atoms with E-state index in [1.807, 2.05) is 0 Å². The third-order valence-electron chi connectivity index (χ3n) is 8.17. The van der Waals surface area contributed by atoms with E-state index < -0.39 is 126 Å². The van der Waals surface area contributed by atoms with Crippen molar-refractivity contribution < 1.29 is 79.1 Å². The van der Waals surface area contributed by atoms with Crippen molar-refractivity contribution in [2.45, 2.75) is 5.51 Å². The molecule has 6 aromatic carbocycles. The van der Waals surface area contributed by atoms with Gasteiger partial charge < -0.3 is 9.05 Å². The number of hydrogen-bond donors (Lipinski definition) is 1. The summed E-state index contributed by atoms with van der Waals surface area (Å²) in [6.07, 6.45) is 0. The smallest absolute Gasteiger partial charge is 0.403 e. The second-order valence-electron chi connectivity index (χ2n) is 11.3. The van der Waals surface area contributed by atoms with Gasteiger partial charge in [-0.1, -0.05) is 53.0 Å². The van der Waals surface area contributed by atoms with Crippen LogP contribution in [-0.2, 0) is 14.6 Å². The van der Waals surface area contributed by atoms with Crippen molar-refractivity contribution in [1.82, 2.24) is 4.49 Å². The maximum atomic E-state index is 15.5. The number of halogens is 13. The van der Waals surface area contributed by atoms with Crippen molar-refractivity contribution in [3.05, 3.63) is 119 Å². The number of hydrogen-bond acceptors (Lipinski definition) is 5. The van der Waals surface area contributed by atoms with Gasteiger partial charge in [-0.25, -0.2) is 56.9 Å². The van der Waals surface area contributed by atoms with Crippen LogP contribution in [-0.4, -0.2) is 13.9 Å². The zero-order chi connectivity index (χ0) is 39.4. The molecule has 7 rings (SSSR count). The standard InChI is InChI=1S/C33H11F13NO5PS/c34-21-19(22(35)26(39)29(42)25(21)38)15-9-11-5-1-3-7-13(11)17-18-14-8-4-2-6-12(14)10-16(20-23(36)27(40)30(43)28(41)24(20)37)32(18)52-53(48,51-31(15)17)47-54(49,50)33(44,45)46/h1-10H,(H,47,48). The van der Waals surface area contributed by atoms with Crippen LogP contribution < -0.4 is 13.5 Å². The Kier molecular flexibility index (Phi) is 8.47. The Labute approximate surface area is 292 Å². The number of benzene rings is 6. The molecule has 0 amide bonds. The SMILES string of the molecule is O=P1(NS(=O)(=O)C(F)(F)F)Oc2c(-c3c(F)c(F)c(F)c(F)c3F)cc3ccccc3c2-c2c(c(-c3c(F)c(F)c(F)c(F)c3F)cc3ccccc23)O1. The molecule has 0 fully saturated rings. The summed E-state index contributed by atoms with van der Waals surface area (Å²) in [6, 6.07) is 11.0. The lowest BCUT2D eigenvalue weighted by Gasteiger charge is -2.22. The zero-order valence-corrected chi connectivity index (χ0v) is 27.3. The van der Waals surface area contributed by atoms with Gasteiger partial charge >= 0.3 is 23.3 Å². The molecule has 0 aromatic heterocycles. The highest BCUT2D eigenvalue weighted by Crippen LogP contribution is 2.63. The summed E-state index contributed by atoms with van der Waals surface area (Å²) < 4.78 is 240. The molecule has 21 heteroatoms. The minimum atomic E-state index is -6.89. The molecule has 280 valence electrons. The average molecular weight is 811 g/mol. The maximum absolute atomic E-state index is 15.5. The normalized spacial score (nSPS) is 14.0. The highest BCUT2D eigenvalue weighted by molar-refractivity contribution is 7.95. The van der Waals surface area contributed by atoms with Gasteiger partial charge in [0.05, 0.1) is 11.1 Å². The van der Waals surface area contributed by atoms with Crippen LogP contribution in [0.3, 0.4) is 0 Å². The number of sulfonamides is 1. The maximum Gasteiger partial charge on any atom is 0.526 e. The molecule has 54 heavy (non-hydrogen) atoms. The van der Waals surface area contributed by atoms with E-state index in [1.165, 1.54) is 36.4 Å². The Bertz CT molecular complexity index is 2590. The van der Waals surface area contributed by atoms with Crippen molar-refractivity contribution in [2.75, 3.05) is 0 Å². The second-order valence-corrected chi connectivity index (χ2v) is 14.9. The first kappa shape index (κ1) is 37.0. The fourth-order valence-corrected chi connectivity index (χ4v) is 8.68. The van der Waals surface area contributed by atoms with Crippen molar-refractivity contribution in [3.8, 4) is 44.9 Å². The minimum Gasteiger partial charge on any atom is -0.403 e. The molecular weight excluding hydrogens is 800 g/mol. The van der Waals surface area contributed by atoms with Crippen molar-refractivity contribution in [2.24, 2.45) is 0 Å². The molecule has 0 aliphatic carbocycles. The second kappa shape index (κ2) is 12.4. The van der Waals surface area contributed by atoms with Gasteiger partial charge in [-0.3, -0.25) is 0 Å². The molecule has 1 N–H and O–H groups in total. The highest BCUT2D eigenvalue weighted by atomic mass is 32.2. The number of rotatable bonds is 4. The first-order valence-electron chi connectivity index (χ1n) is 14.4. The van der Waals surface area contributed by atoms with E-state index >= 15 is 17.6 Å². The van der Waals surface area contributed by atoms with Crippen molar-refractivity contribution in [3.63, 3.8) is 0 Å². The molecule has 0 radical (unpaired) electrons. The lowest BCUT2D eigenvalue weighted by Crippen LogP contribution is -2.36. The topological polar surface area (TPSA) is 81.7 Å². The van der Waals surface area contributed by atoms with Gasteiger partial charge in [0.25, 0.3) is 0 Å². The summed E-state index contributed by atoms with van der Waals surface area (Å²) in [5.41, 5.74) is -14.1. The van der Waals surface area contributed by atoms with Gasteiger partial charge in [-0.15, -0.1) is 0 Å². The Balaban J connectivity index is 1.76. The highest BCUT2D eigenvalue weighted by Gasteiger charge is 2.53. The first-order valence-corrected chi connectivity index (χ1v) is 17.5. The predicted octanol–water partition coefficient (Wildman–Crippen LogP) is 10.7. The van der Waals surface area contributed by atoms with Crippen LogP contribution in [0, 0.1) is 58.2 Å². The first-order chi connectivity index (χ1) is 25.2. The lowest BCUT2D eigenvalue weighted by atomic mass is 9.86. The third-order valence-corrected chi connectivity index (χ3v) is 11.5. The van der Waals surface area contributed by atoms with E-state index in [0.29, 0.717) is 16.6 Å². The predicted molar refractivity (Wildman–Crippen MR) is 164 cm³/mol. The quantitative estimate of drug-likeness (QED) is 0.0830. The van der Waals surface area contributed by atoms with Crippen LogP contribution in [0.25, 0.3) is 54.9 Å². The summed E-state index contributed by atoms with van der Waals surface area (Å²) in [5, 5.41) is -0.917. The van der Waals surface area contributed by atoms with Gasteiger partial charge in [0.1, 0.15) is 11.5 Å². The van der Waals surface area contributed by atoms with Crippen LogP contribution in [0.4, 0.5) is 57.1 Å². The van der Waals surface area contributed by atoms with Gasteiger partial charge in [-0.05, 0) is 33.7 Å². The molecule has 0 atom stereocenters. The van der Waals surface area contributed by atoms with E-state index in [-0.39, 0.29) is 21.5 Å². The fraction of sp³-hybridized carbons (Fsp3) is 0.0303. The third kappa shape index (κ3) is 5.45. The Morgan fingerprint density at radius 1 is 0.500 bits per heavy atom. The molecule has 0 saturated carbocycles. The van der Waals surface area contributed by atoms with Crippen LogP contribution >= 0.6 is 7.75 Å². The number of alkyl halides is 3. The Morgan fingerprint density at radius 3 is 1.15 bits per heavy atom. The minimum absolute atomic E-state index is 0.205. The Hall–Kier alpha value is -5.33. The van der Waals surface area contributed by atoms with Crippen LogP contribution in [0.5, 0.6) is 11.5 Å². The monoisotopic (exact) mass is 811 g/mol. The van der Waals surface area contributed by atoms with Crippen LogP contribution in [0.2, 0.25) is 0 Å². The molecule has 0 spiro atoms. The van der Waals surface area contributed by atoms with Gasteiger partial charge in [0, 0.05) is 22.3 Å². The molecule has 0 saturated heterocycles. The van der Waals surface area contributed by atoms with Crippen molar-refractivity contribution >= 4 is 39.3 Å². The van der Waals surface area contributed by atoms with E-state index in [4.69, 9.17) is 9.05 Å². The van der Waals surface area contributed by atoms with E-state index in [2.05, 4.69) is 0 Å². The summed E-state index contributed by atoms with van der Waals surface area (Å²) in [4.78, 5) is 0. The zero-order valence-electron chi connectivity index (χ0n) is 25.6. The Morgan fingerprint density at radius 2 is 0.815 bits per heavy atom. The summed E-state index contributed by atoms with van der Waals surface area (Å²) >= 11 is 0. The van der Waals surface area contributed by atoms with Crippen molar-refractivity contribution in [1.29, 1.82) is 0 Å². The molecule has 6 nitrogen and oxygen atoms in total. The van der Waals surface area contributed by atoms with Gasteiger partial charge in [-0.2, -0.15) is 13.2 Å². The van der Waals surface area contributed by atoms with E-state index in [1.54, 1.807) is 0 Å². The summed E-state index contributed by atoms with van der Waals surface area (Å²) in [7, 11) is -13.4. The summed E-state index contributed by atoms with van der Waals surface area (Å²) in [5.74, 6) is -28.5. The molecule has 0 bridgehead atoms. The van der Waals surface area contributed by atoms with E-state index in [9.17, 15) is 52.5 Å². The van der Waals surface area contributed by atoms with Crippen LogP contribution in [0.1, 0.15) is 0 Å². The van der Waals surface area contributed by atoms with Crippen LogP contribution in [0.15, 0.2) is 60.7 Å². The molecule has 6 aromatic rings. The van der Waals surface area contributed by atoms with E-state index in [0.717, 1.165) is 12.1 Å². The molecule has 1 aliphatic heterocycles. The molecule has 0 unspecified atom stereocenters. The molecular formula is C33H11F13NO5PS. The molecule has 1 heterocycles. The number of fused-ring (bicyclic) bond motifs is 7. The number of nitrogens with one attached hydrogen (secondary N) is 1. The summed E-state index contributed by atoms with van der Waals surface area (Å²) in [6.45, 7) is 0.